The number of carbonyl (C=O) groups excluding carboxylic acids is 3. The lowest BCUT2D eigenvalue weighted by atomic mass is 9.92. The van der Waals surface area contributed by atoms with E-state index in [0.717, 1.165) is 4.90 Å². The van der Waals surface area contributed by atoms with Gasteiger partial charge in [-0.1, -0.05) is 32.4 Å². The van der Waals surface area contributed by atoms with Gasteiger partial charge in [0.25, 0.3) is 0 Å². The molecule has 0 aliphatic heterocycles. The number of ketones is 1. The number of nitrogens with zero attached hydrogens (tertiary/aromatic N) is 1. The molecule has 4 atom stereocenters. The van der Waals surface area contributed by atoms with Gasteiger partial charge in [0.15, 0.2) is 5.78 Å². The number of nitrogen functional groups attached to an aromatic ring is 1. The summed E-state index contributed by atoms with van der Waals surface area (Å²) in [4.78, 5) is 65.1. The predicted octanol–water partition coefficient (Wildman–Crippen LogP) is 1.28. The maximum atomic E-state index is 13.9. The number of nitrogens with two attached hydrogens (primary N) is 4. The molecular weight excluding hydrogens is 506 g/mol. The number of carboxylic acids is 1. The number of aryl methyl sites for hydroxylation is 1. The largest absolute Gasteiger partial charge is 0.481 e. The fourth-order valence-corrected chi connectivity index (χ4v) is 4.23. The van der Waals surface area contributed by atoms with Crippen molar-refractivity contribution >= 4 is 40.2 Å². The number of carboxylic acid groups (broad SMARTS) is 1. The van der Waals surface area contributed by atoms with E-state index in [4.69, 9.17) is 32.5 Å². The summed E-state index contributed by atoms with van der Waals surface area (Å²) in [5, 5.41) is 9.57. The normalized spacial score (nSPS) is 14.4. The molecular formula is C27H39N5O7. The Bertz CT molecular complexity index is 1280. The molecule has 214 valence electrons. The molecule has 0 bridgehead atoms. The average Bonchev–Trinajstić information content (AvgIpc) is 2.92. The SMILES string of the molecule is CCC(C)C(N)C(=O)N(C(=O)C(N)CCC(=O)O)C(CCCCN)C(=O)c1ccc2c(C)c(N)c(=O)oc2c1. The molecule has 12 nitrogen and oxygen atoms in total. The van der Waals surface area contributed by atoms with Crippen molar-refractivity contribution < 1.29 is 28.7 Å². The van der Waals surface area contributed by atoms with Gasteiger partial charge < -0.3 is 32.5 Å². The Morgan fingerprint density at radius 3 is 2.33 bits per heavy atom. The van der Waals surface area contributed by atoms with Crippen LogP contribution in [0.1, 0.15) is 68.3 Å². The van der Waals surface area contributed by atoms with Crippen LogP contribution in [0.5, 0.6) is 0 Å². The summed E-state index contributed by atoms with van der Waals surface area (Å²) in [5.41, 5.74) is 23.6. The van der Waals surface area contributed by atoms with Crippen LogP contribution in [0.2, 0.25) is 0 Å². The Morgan fingerprint density at radius 2 is 1.74 bits per heavy atom. The molecule has 1 heterocycles. The first-order valence-electron chi connectivity index (χ1n) is 13.0. The minimum Gasteiger partial charge on any atom is -0.481 e. The molecule has 2 amide bonds. The second-order valence-corrected chi connectivity index (χ2v) is 9.80. The smallest absolute Gasteiger partial charge is 0.359 e. The quantitative estimate of drug-likeness (QED) is 0.129. The van der Waals surface area contributed by atoms with Gasteiger partial charge in [0, 0.05) is 17.4 Å². The van der Waals surface area contributed by atoms with E-state index in [9.17, 15) is 24.0 Å². The van der Waals surface area contributed by atoms with Gasteiger partial charge in [0.05, 0.1) is 12.1 Å². The van der Waals surface area contributed by atoms with Gasteiger partial charge in [-0.2, -0.15) is 0 Å². The molecule has 2 rings (SSSR count). The van der Waals surface area contributed by atoms with E-state index in [-0.39, 0.29) is 35.6 Å². The van der Waals surface area contributed by atoms with Crippen molar-refractivity contribution in [2.24, 2.45) is 23.1 Å². The van der Waals surface area contributed by atoms with Crippen LogP contribution < -0.4 is 28.6 Å². The highest BCUT2D eigenvalue weighted by Crippen LogP contribution is 2.25. The molecule has 0 spiro atoms. The number of fused-ring (bicyclic) bond motifs is 1. The highest BCUT2D eigenvalue weighted by Gasteiger charge is 2.40. The Labute approximate surface area is 226 Å². The number of carbonyl (C=O) groups is 4. The number of rotatable bonds is 14. The standard InChI is InChI=1S/C27H39N5O7/c1-4-14(2)22(30)26(37)32(25(36)18(29)10-11-21(33)34)19(7-5-6-12-28)24(35)16-8-9-17-15(3)23(31)27(38)39-20(17)13-16/h8-9,13-14,18-19,22H,4-7,10-12,28-31H2,1-3H3,(H,33,34). The molecule has 0 aliphatic carbocycles. The number of amides is 2. The van der Waals surface area contributed by atoms with Crippen LogP contribution in [-0.4, -0.2) is 58.2 Å². The fourth-order valence-electron chi connectivity index (χ4n) is 4.23. The predicted molar refractivity (Wildman–Crippen MR) is 147 cm³/mol. The van der Waals surface area contributed by atoms with Crippen LogP contribution >= 0.6 is 0 Å². The number of benzene rings is 1. The summed E-state index contributed by atoms with van der Waals surface area (Å²) in [6.45, 7) is 5.57. The number of anilines is 1. The van der Waals surface area contributed by atoms with E-state index >= 15 is 0 Å². The summed E-state index contributed by atoms with van der Waals surface area (Å²) in [6.07, 6.45) is 0.915. The molecule has 0 saturated carbocycles. The lowest BCUT2D eigenvalue weighted by Gasteiger charge is -2.34. The first-order chi connectivity index (χ1) is 18.3. The number of hydrogen-bond acceptors (Lipinski definition) is 10. The first-order valence-corrected chi connectivity index (χ1v) is 13.0. The molecule has 1 aromatic heterocycles. The molecule has 9 N–H and O–H groups in total. The molecule has 0 aliphatic rings. The topological polar surface area (TPSA) is 226 Å². The zero-order valence-corrected chi connectivity index (χ0v) is 22.6. The van der Waals surface area contributed by atoms with Crippen molar-refractivity contribution in [2.45, 2.75) is 77.4 Å². The Hall–Kier alpha value is -3.61. The van der Waals surface area contributed by atoms with Gasteiger partial charge in [0.1, 0.15) is 17.3 Å². The second kappa shape index (κ2) is 14.0. The number of Topliss-reactive ketones (excluding diaryl/α,β-unsaturated/α-hetero) is 1. The monoisotopic (exact) mass is 545 g/mol. The fraction of sp³-hybridized carbons (Fsp3) is 0.519. The van der Waals surface area contributed by atoms with Gasteiger partial charge in [0.2, 0.25) is 11.8 Å². The van der Waals surface area contributed by atoms with E-state index in [2.05, 4.69) is 0 Å². The van der Waals surface area contributed by atoms with Gasteiger partial charge >= 0.3 is 11.6 Å². The van der Waals surface area contributed by atoms with Crippen molar-refractivity contribution in [3.05, 3.63) is 39.7 Å². The second-order valence-electron chi connectivity index (χ2n) is 9.80. The molecule has 0 fully saturated rings. The lowest BCUT2D eigenvalue weighted by Crippen LogP contribution is -2.59. The van der Waals surface area contributed by atoms with E-state index in [0.29, 0.717) is 36.8 Å². The zero-order valence-electron chi connectivity index (χ0n) is 22.6. The van der Waals surface area contributed by atoms with Crippen molar-refractivity contribution in [2.75, 3.05) is 12.3 Å². The molecule has 39 heavy (non-hydrogen) atoms. The van der Waals surface area contributed by atoms with Crippen LogP contribution in [0.15, 0.2) is 27.4 Å². The Kier molecular flexibility index (Phi) is 11.3. The lowest BCUT2D eigenvalue weighted by molar-refractivity contribution is -0.149. The highest BCUT2D eigenvalue weighted by atomic mass is 16.4. The van der Waals surface area contributed by atoms with Crippen molar-refractivity contribution in [1.29, 1.82) is 0 Å². The molecule has 2 aromatic rings. The maximum absolute atomic E-state index is 13.9. The van der Waals surface area contributed by atoms with Gasteiger partial charge in [-0.25, -0.2) is 4.79 Å². The first kappa shape index (κ1) is 31.6. The average molecular weight is 546 g/mol. The third kappa shape index (κ3) is 7.49. The molecule has 4 unspecified atom stereocenters. The molecule has 0 saturated heterocycles. The van der Waals surface area contributed by atoms with Gasteiger partial charge in [-0.05, 0) is 56.7 Å². The maximum Gasteiger partial charge on any atom is 0.359 e. The summed E-state index contributed by atoms with van der Waals surface area (Å²) in [7, 11) is 0. The molecule has 0 radical (unpaired) electrons. The van der Waals surface area contributed by atoms with Crippen LogP contribution in [0.3, 0.4) is 0 Å². The van der Waals surface area contributed by atoms with E-state index in [1.165, 1.54) is 12.1 Å². The number of imide groups is 1. The minimum absolute atomic E-state index is 0.0435. The van der Waals surface area contributed by atoms with Crippen molar-refractivity contribution in [3.63, 3.8) is 0 Å². The van der Waals surface area contributed by atoms with Crippen LogP contribution in [0.25, 0.3) is 11.0 Å². The van der Waals surface area contributed by atoms with Crippen LogP contribution in [0.4, 0.5) is 5.69 Å². The van der Waals surface area contributed by atoms with E-state index in [1.807, 2.05) is 6.92 Å². The van der Waals surface area contributed by atoms with Crippen LogP contribution in [-0.2, 0) is 14.4 Å². The number of unbranched alkanes of at least 4 members (excludes halogenated alkanes) is 1. The highest BCUT2D eigenvalue weighted by molar-refractivity contribution is 6.09. The number of aliphatic carboxylic acids is 1. The summed E-state index contributed by atoms with van der Waals surface area (Å²) < 4.78 is 5.28. The summed E-state index contributed by atoms with van der Waals surface area (Å²) in [5.74, 6) is -3.72. The number of hydrogen-bond donors (Lipinski definition) is 5. The third-order valence-electron chi connectivity index (χ3n) is 7.05. The van der Waals surface area contributed by atoms with E-state index < -0.39 is 53.7 Å². The third-order valence-corrected chi connectivity index (χ3v) is 7.05. The van der Waals surface area contributed by atoms with Crippen LogP contribution in [0, 0.1) is 12.8 Å². The van der Waals surface area contributed by atoms with Gasteiger partial charge in [-0.3, -0.25) is 24.1 Å². The Morgan fingerprint density at radius 1 is 1.08 bits per heavy atom. The zero-order chi connectivity index (χ0) is 29.4. The van der Waals surface area contributed by atoms with Crippen molar-refractivity contribution in [3.8, 4) is 0 Å². The van der Waals surface area contributed by atoms with Crippen molar-refractivity contribution in [1.82, 2.24) is 4.90 Å². The molecule has 1 aromatic carbocycles. The summed E-state index contributed by atoms with van der Waals surface area (Å²) in [6, 6.07) is 0.703. The minimum atomic E-state index is -1.35. The summed E-state index contributed by atoms with van der Waals surface area (Å²) >= 11 is 0. The van der Waals surface area contributed by atoms with Gasteiger partial charge in [-0.15, -0.1) is 0 Å². The molecule has 12 heteroatoms. The van der Waals surface area contributed by atoms with E-state index in [1.54, 1.807) is 19.9 Å². The Balaban J connectivity index is 2.63.